The largest absolute Gasteiger partial charge is 0.361 e. The van der Waals surface area contributed by atoms with Gasteiger partial charge in [-0.1, -0.05) is 12.1 Å². The number of nitriles is 1. The molecule has 0 radical (unpaired) electrons. The Morgan fingerprint density at radius 1 is 1.12 bits per heavy atom. The van der Waals surface area contributed by atoms with Crippen LogP contribution in [0.2, 0.25) is 0 Å². The van der Waals surface area contributed by atoms with E-state index in [1.165, 1.54) is 0 Å². The number of amides is 1. The summed E-state index contributed by atoms with van der Waals surface area (Å²) in [6.45, 7) is 2.07. The van der Waals surface area contributed by atoms with Crippen LogP contribution < -0.4 is 5.32 Å². The van der Waals surface area contributed by atoms with Gasteiger partial charge >= 0.3 is 0 Å². The summed E-state index contributed by atoms with van der Waals surface area (Å²) in [6.07, 6.45) is 3.54. The summed E-state index contributed by atoms with van der Waals surface area (Å²) in [6, 6.07) is 18.0. The van der Waals surface area contributed by atoms with Crippen LogP contribution in [0.25, 0.3) is 31.6 Å². The zero-order valence-electron chi connectivity index (χ0n) is 18.4. The lowest BCUT2D eigenvalue weighted by molar-refractivity contribution is 0.0827. The van der Waals surface area contributed by atoms with Crippen molar-refractivity contribution in [2.45, 2.75) is 6.92 Å². The smallest absolute Gasteiger partial charge is 0.253 e. The molecule has 0 atom stereocenters. The zero-order valence-corrected chi connectivity index (χ0v) is 19.2. The molecular formula is C26H21N5OS. The number of rotatable bonds is 4. The van der Waals surface area contributed by atoms with E-state index < -0.39 is 0 Å². The molecule has 5 rings (SSSR count). The number of nitrogens with one attached hydrogen (secondary N) is 2. The maximum Gasteiger partial charge on any atom is 0.253 e. The average molecular weight is 452 g/mol. The first-order chi connectivity index (χ1) is 16.0. The molecule has 0 aliphatic heterocycles. The highest BCUT2D eigenvalue weighted by molar-refractivity contribution is 7.22. The second-order valence-corrected chi connectivity index (χ2v) is 9.10. The van der Waals surface area contributed by atoms with Crippen LogP contribution in [0, 0.1) is 18.3 Å². The number of H-pyrrole nitrogens is 1. The quantitative estimate of drug-likeness (QED) is 0.347. The standard InChI is InChI=1S/C26H21N5OS/c1-15-19-10-11-28-22(19)9-8-21(15)30-24-18(13-27)14-29-25-20(24)12-23(33-25)16-4-6-17(7-5-16)26(32)31(2)3/h4-12,14,28H,1-3H3,(H,29,30). The molecule has 1 amide bonds. The van der Waals surface area contributed by atoms with Crippen LogP contribution in [0.1, 0.15) is 21.5 Å². The Kier molecular flexibility index (Phi) is 5.08. The van der Waals surface area contributed by atoms with E-state index in [0.717, 1.165) is 48.5 Å². The van der Waals surface area contributed by atoms with Crippen LogP contribution in [0.4, 0.5) is 11.4 Å². The number of carbonyl (C=O) groups excluding carboxylic acids is 1. The number of fused-ring (bicyclic) bond motifs is 2. The van der Waals surface area contributed by atoms with Crippen molar-refractivity contribution in [3.63, 3.8) is 0 Å². The number of thiophene rings is 1. The van der Waals surface area contributed by atoms with Crippen LogP contribution in [0.5, 0.6) is 0 Å². The molecule has 0 fully saturated rings. The molecule has 0 saturated heterocycles. The summed E-state index contributed by atoms with van der Waals surface area (Å²) >= 11 is 1.56. The van der Waals surface area contributed by atoms with E-state index in [1.807, 2.05) is 42.6 Å². The highest BCUT2D eigenvalue weighted by atomic mass is 32.1. The molecule has 2 N–H and O–H groups in total. The molecule has 0 aliphatic rings. The van der Waals surface area contributed by atoms with E-state index in [4.69, 9.17) is 0 Å². The number of benzene rings is 2. The number of pyridine rings is 1. The Bertz CT molecular complexity index is 1550. The number of hydrogen-bond donors (Lipinski definition) is 2. The molecule has 0 saturated carbocycles. The Balaban J connectivity index is 1.57. The van der Waals surface area contributed by atoms with Crippen LogP contribution in [0.3, 0.4) is 0 Å². The van der Waals surface area contributed by atoms with E-state index in [2.05, 4.69) is 40.4 Å². The van der Waals surface area contributed by atoms with Crippen LogP contribution in [0.15, 0.2) is 60.9 Å². The minimum Gasteiger partial charge on any atom is -0.361 e. The second kappa shape index (κ2) is 8.08. The molecule has 0 bridgehead atoms. The first kappa shape index (κ1) is 20.7. The molecule has 5 aromatic rings. The fourth-order valence-corrected chi connectivity index (χ4v) is 4.96. The minimum atomic E-state index is -0.0283. The lowest BCUT2D eigenvalue weighted by Gasteiger charge is -2.12. The number of nitrogens with zero attached hydrogens (tertiary/aromatic N) is 3. The fourth-order valence-electron chi connectivity index (χ4n) is 3.94. The van der Waals surface area contributed by atoms with Gasteiger partial charge in [-0.3, -0.25) is 4.79 Å². The Hall–Kier alpha value is -4.15. The van der Waals surface area contributed by atoms with E-state index in [-0.39, 0.29) is 5.91 Å². The second-order valence-electron chi connectivity index (χ2n) is 8.07. The normalized spacial score (nSPS) is 11.0. The highest BCUT2D eigenvalue weighted by Crippen LogP contribution is 2.39. The summed E-state index contributed by atoms with van der Waals surface area (Å²) in [5, 5.41) is 15.3. The van der Waals surface area contributed by atoms with Gasteiger partial charge in [0.15, 0.2) is 0 Å². The molecule has 7 heteroatoms. The van der Waals surface area contributed by atoms with Gasteiger partial charge in [0.25, 0.3) is 5.91 Å². The van der Waals surface area contributed by atoms with Gasteiger partial charge in [0.05, 0.1) is 11.3 Å². The molecule has 0 aliphatic carbocycles. The number of aryl methyl sites for hydroxylation is 1. The summed E-state index contributed by atoms with van der Waals surface area (Å²) < 4.78 is 0. The minimum absolute atomic E-state index is 0.0283. The third-order valence-corrected chi connectivity index (χ3v) is 6.86. The molecule has 3 aromatic heterocycles. The van der Waals surface area contributed by atoms with Gasteiger partial charge in [-0.25, -0.2) is 4.98 Å². The number of hydrogen-bond acceptors (Lipinski definition) is 5. The molecule has 162 valence electrons. The number of aromatic amines is 1. The Morgan fingerprint density at radius 3 is 2.64 bits per heavy atom. The van der Waals surface area contributed by atoms with Crippen molar-refractivity contribution >= 4 is 49.7 Å². The fraction of sp³-hybridized carbons (Fsp3) is 0.115. The van der Waals surface area contributed by atoms with Gasteiger partial charge in [0.2, 0.25) is 0 Å². The summed E-state index contributed by atoms with van der Waals surface area (Å²) in [4.78, 5) is 23.4. The van der Waals surface area contributed by atoms with Crippen molar-refractivity contribution in [1.29, 1.82) is 5.26 Å². The van der Waals surface area contributed by atoms with Crippen molar-refractivity contribution in [3.8, 4) is 16.5 Å². The number of carbonyl (C=O) groups is 1. The zero-order chi connectivity index (χ0) is 23.1. The van der Waals surface area contributed by atoms with Crippen molar-refractivity contribution in [2.24, 2.45) is 0 Å². The first-order valence-corrected chi connectivity index (χ1v) is 11.3. The molecule has 2 aromatic carbocycles. The Morgan fingerprint density at radius 2 is 1.91 bits per heavy atom. The molecule has 0 spiro atoms. The van der Waals surface area contributed by atoms with E-state index in [1.54, 1.807) is 36.5 Å². The number of anilines is 2. The van der Waals surface area contributed by atoms with Gasteiger partial charge < -0.3 is 15.2 Å². The Labute approximate surface area is 195 Å². The lowest BCUT2D eigenvalue weighted by Crippen LogP contribution is -2.21. The van der Waals surface area contributed by atoms with Gasteiger partial charge in [-0.05, 0) is 54.4 Å². The topological polar surface area (TPSA) is 84.8 Å². The van der Waals surface area contributed by atoms with E-state index >= 15 is 0 Å². The predicted molar refractivity (Wildman–Crippen MR) is 134 cm³/mol. The number of aromatic nitrogens is 2. The molecule has 33 heavy (non-hydrogen) atoms. The summed E-state index contributed by atoms with van der Waals surface area (Å²) in [5.74, 6) is -0.0283. The monoisotopic (exact) mass is 451 g/mol. The summed E-state index contributed by atoms with van der Waals surface area (Å²) in [5.41, 5.74) is 6.03. The molecular weight excluding hydrogens is 430 g/mol. The van der Waals surface area contributed by atoms with Gasteiger partial charge in [-0.2, -0.15) is 5.26 Å². The maximum atomic E-state index is 12.2. The lowest BCUT2D eigenvalue weighted by atomic mass is 10.1. The van der Waals surface area contributed by atoms with Gasteiger partial charge in [0, 0.05) is 58.9 Å². The van der Waals surface area contributed by atoms with Gasteiger partial charge in [-0.15, -0.1) is 11.3 Å². The third-order valence-electron chi connectivity index (χ3n) is 5.77. The van der Waals surface area contributed by atoms with Crippen LogP contribution in [-0.2, 0) is 0 Å². The third kappa shape index (κ3) is 3.60. The van der Waals surface area contributed by atoms with Crippen LogP contribution >= 0.6 is 11.3 Å². The van der Waals surface area contributed by atoms with E-state index in [0.29, 0.717) is 11.1 Å². The SMILES string of the molecule is Cc1c(Nc2c(C#N)cnc3sc(-c4ccc(C(=O)N(C)C)cc4)cc23)ccc2[nH]ccc12. The maximum absolute atomic E-state index is 12.2. The van der Waals surface area contributed by atoms with Crippen molar-refractivity contribution in [3.05, 3.63) is 77.6 Å². The van der Waals surface area contributed by atoms with Crippen molar-refractivity contribution < 1.29 is 4.79 Å². The highest BCUT2D eigenvalue weighted by Gasteiger charge is 2.16. The van der Waals surface area contributed by atoms with Gasteiger partial charge in [0.1, 0.15) is 10.9 Å². The molecule has 3 heterocycles. The molecule has 6 nitrogen and oxygen atoms in total. The van der Waals surface area contributed by atoms with E-state index in [9.17, 15) is 10.1 Å². The molecule has 0 unspecified atom stereocenters. The van der Waals surface area contributed by atoms with Crippen molar-refractivity contribution in [2.75, 3.05) is 19.4 Å². The average Bonchev–Trinajstić information content (AvgIpc) is 3.48. The first-order valence-electron chi connectivity index (χ1n) is 10.4. The summed E-state index contributed by atoms with van der Waals surface area (Å²) in [7, 11) is 3.48. The van der Waals surface area contributed by atoms with Crippen LogP contribution in [-0.4, -0.2) is 34.9 Å². The predicted octanol–water partition coefficient (Wildman–Crippen LogP) is 6.07. The van der Waals surface area contributed by atoms with Crippen molar-refractivity contribution in [1.82, 2.24) is 14.9 Å².